The van der Waals surface area contributed by atoms with Crippen molar-refractivity contribution >= 4 is 6.03 Å². The number of carbonyl (C=O) groups excluding carboxylic acids is 1. The van der Waals surface area contributed by atoms with Crippen molar-refractivity contribution < 1.29 is 19.8 Å². The zero-order valence-electron chi connectivity index (χ0n) is 9.54. The van der Waals surface area contributed by atoms with E-state index < -0.39 is 12.1 Å². The van der Waals surface area contributed by atoms with E-state index in [-0.39, 0.29) is 13.2 Å². The van der Waals surface area contributed by atoms with Crippen LogP contribution in [0.1, 0.15) is 0 Å². The first-order valence-electron chi connectivity index (χ1n) is 5.17. The van der Waals surface area contributed by atoms with Crippen molar-refractivity contribution in [1.82, 2.24) is 10.4 Å². The van der Waals surface area contributed by atoms with Gasteiger partial charge in [0, 0.05) is 7.05 Å². The Morgan fingerprint density at radius 3 is 2.71 bits per heavy atom. The molecular formula is C11H16N2O4. The molecule has 3 N–H and O–H groups in total. The van der Waals surface area contributed by atoms with Gasteiger partial charge in [-0.1, -0.05) is 18.2 Å². The van der Waals surface area contributed by atoms with Crippen LogP contribution in [0.25, 0.3) is 0 Å². The van der Waals surface area contributed by atoms with E-state index in [1.165, 1.54) is 7.05 Å². The van der Waals surface area contributed by atoms with Crippen LogP contribution in [0.15, 0.2) is 30.3 Å². The Kier molecular flexibility index (Phi) is 5.25. The average molecular weight is 240 g/mol. The molecule has 1 aromatic rings. The zero-order chi connectivity index (χ0) is 12.7. The molecule has 0 saturated heterocycles. The Balaban J connectivity index is 2.30. The van der Waals surface area contributed by atoms with Gasteiger partial charge in [-0.15, -0.1) is 0 Å². The minimum absolute atomic E-state index is 0.00192. The topological polar surface area (TPSA) is 82.0 Å². The summed E-state index contributed by atoms with van der Waals surface area (Å²) in [7, 11) is 1.39. The Bertz CT molecular complexity index is 345. The highest BCUT2D eigenvalue weighted by Gasteiger charge is 2.14. The van der Waals surface area contributed by atoms with Gasteiger partial charge < -0.3 is 15.2 Å². The number of amides is 2. The van der Waals surface area contributed by atoms with E-state index in [2.05, 4.69) is 5.32 Å². The highest BCUT2D eigenvalue weighted by molar-refractivity contribution is 5.72. The molecule has 1 unspecified atom stereocenters. The van der Waals surface area contributed by atoms with Gasteiger partial charge in [-0.2, -0.15) is 0 Å². The normalized spacial score (nSPS) is 11.7. The highest BCUT2D eigenvalue weighted by atomic mass is 16.5. The molecule has 1 atom stereocenters. The molecule has 0 spiro atoms. The fourth-order valence-electron chi connectivity index (χ4n) is 1.17. The second-order valence-corrected chi connectivity index (χ2v) is 3.42. The summed E-state index contributed by atoms with van der Waals surface area (Å²) in [5.74, 6) is 0.621. The summed E-state index contributed by atoms with van der Waals surface area (Å²) in [4.78, 5) is 10.9. The molecule has 0 fully saturated rings. The van der Waals surface area contributed by atoms with E-state index in [1.807, 2.05) is 18.2 Å². The monoisotopic (exact) mass is 240 g/mol. The minimum Gasteiger partial charge on any atom is -0.491 e. The molecule has 0 heterocycles. The Morgan fingerprint density at radius 2 is 2.12 bits per heavy atom. The number of nitrogens with one attached hydrogen (secondary N) is 1. The number of para-hydroxylation sites is 1. The number of aliphatic hydroxyl groups is 1. The van der Waals surface area contributed by atoms with Crippen molar-refractivity contribution in [2.45, 2.75) is 6.10 Å². The number of ether oxygens (including phenoxy) is 1. The van der Waals surface area contributed by atoms with Crippen molar-refractivity contribution in [1.29, 1.82) is 0 Å². The number of benzene rings is 1. The largest absolute Gasteiger partial charge is 0.491 e. The molecule has 0 aliphatic rings. The fraction of sp³-hybridized carbons (Fsp3) is 0.364. The van der Waals surface area contributed by atoms with E-state index in [0.29, 0.717) is 10.8 Å². The van der Waals surface area contributed by atoms with Gasteiger partial charge in [0.25, 0.3) is 0 Å². The molecule has 94 valence electrons. The van der Waals surface area contributed by atoms with Crippen molar-refractivity contribution in [3.63, 3.8) is 0 Å². The first-order chi connectivity index (χ1) is 8.13. The van der Waals surface area contributed by atoms with Crippen molar-refractivity contribution in [2.75, 3.05) is 20.2 Å². The van der Waals surface area contributed by atoms with Crippen molar-refractivity contribution in [3.05, 3.63) is 30.3 Å². The maximum atomic E-state index is 10.9. The smallest absolute Gasteiger partial charge is 0.340 e. The van der Waals surface area contributed by atoms with E-state index in [0.717, 1.165) is 0 Å². The first kappa shape index (κ1) is 13.3. The van der Waals surface area contributed by atoms with Crippen LogP contribution in [-0.2, 0) is 0 Å². The van der Waals surface area contributed by atoms with Gasteiger partial charge in [0.2, 0.25) is 0 Å². The first-order valence-corrected chi connectivity index (χ1v) is 5.17. The van der Waals surface area contributed by atoms with Crippen LogP contribution in [0.5, 0.6) is 5.75 Å². The fourth-order valence-corrected chi connectivity index (χ4v) is 1.17. The SMILES string of the molecule is CNC(=O)N(O)CC(O)COc1ccccc1. The standard InChI is InChI=1S/C11H16N2O4/c1-12-11(15)13(16)7-9(14)8-17-10-5-3-2-4-6-10/h2-6,9,14,16H,7-8H2,1H3,(H,12,15). The van der Waals surface area contributed by atoms with Crippen molar-refractivity contribution in [2.24, 2.45) is 0 Å². The second kappa shape index (κ2) is 6.72. The van der Waals surface area contributed by atoms with Gasteiger partial charge in [-0.25, -0.2) is 9.86 Å². The van der Waals surface area contributed by atoms with Gasteiger partial charge in [-0.05, 0) is 12.1 Å². The van der Waals surface area contributed by atoms with Crippen LogP contribution in [-0.4, -0.2) is 47.7 Å². The lowest BCUT2D eigenvalue weighted by Gasteiger charge is -2.18. The van der Waals surface area contributed by atoms with E-state index in [1.54, 1.807) is 12.1 Å². The maximum absolute atomic E-state index is 10.9. The number of hydrogen-bond donors (Lipinski definition) is 3. The summed E-state index contributed by atoms with van der Waals surface area (Å²) < 4.78 is 5.26. The summed E-state index contributed by atoms with van der Waals surface area (Å²) in [6, 6.07) is 8.30. The molecular weight excluding hydrogens is 224 g/mol. The predicted octanol–water partition coefficient (Wildman–Crippen LogP) is 0.457. The molecule has 0 bridgehead atoms. The van der Waals surface area contributed by atoms with Crippen LogP contribution in [0.3, 0.4) is 0 Å². The molecule has 0 saturated carbocycles. The van der Waals surface area contributed by atoms with Gasteiger partial charge in [0.1, 0.15) is 18.5 Å². The zero-order valence-corrected chi connectivity index (χ0v) is 9.54. The lowest BCUT2D eigenvalue weighted by atomic mass is 10.3. The van der Waals surface area contributed by atoms with Crippen LogP contribution in [0.4, 0.5) is 4.79 Å². The number of carbonyl (C=O) groups is 1. The molecule has 0 aliphatic heterocycles. The van der Waals surface area contributed by atoms with Crippen LogP contribution < -0.4 is 10.1 Å². The minimum atomic E-state index is -0.961. The van der Waals surface area contributed by atoms with Crippen LogP contribution in [0.2, 0.25) is 0 Å². The third kappa shape index (κ3) is 4.71. The second-order valence-electron chi connectivity index (χ2n) is 3.42. The molecule has 17 heavy (non-hydrogen) atoms. The lowest BCUT2D eigenvalue weighted by molar-refractivity contribution is -0.0741. The number of urea groups is 1. The quantitative estimate of drug-likeness (QED) is 0.515. The van der Waals surface area contributed by atoms with E-state index >= 15 is 0 Å². The van der Waals surface area contributed by atoms with Gasteiger partial charge in [0.05, 0.1) is 6.54 Å². The number of hydroxylamine groups is 2. The third-order valence-electron chi connectivity index (χ3n) is 2.02. The van der Waals surface area contributed by atoms with Gasteiger partial charge >= 0.3 is 6.03 Å². The van der Waals surface area contributed by atoms with Gasteiger partial charge in [-0.3, -0.25) is 5.21 Å². The average Bonchev–Trinajstić information content (AvgIpc) is 2.36. The van der Waals surface area contributed by atoms with E-state index in [9.17, 15) is 15.1 Å². The highest BCUT2D eigenvalue weighted by Crippen LogP contribution is 2.08. The number of rotatable bonds is 5. The predicted molar refractivity (Wildman–Crippen MR) is 60.9 cm³/mol. The summed E-state index contributed by atoms with van der Waals surface area (Å²) in [6.07, 6.45) is -0.961. The number of aliphatic hydroxyl groups excluding tert-OH is 1. The summed E-state index contributed by atoms with van der Waals surface area (Å²) in [6.45, 7) is -0.218. The Hall–Kier alpha value is -1.79. The molecule has 0 aromatic heterocycles. The third-order valence-corrected chi connectivity index (χ3v) is 2.02. The van der Waals surface area contributed by atoms with Crippen molar-refractivity contribution in [3.8, 4) is 5.75 Å². The maximum Gasteiger partial charge on any atom is 0.340 e. The van der Waals surface area contributed by atoms with Gasteiger partial charge in [0.15, 0.2) is 0 Å². The number of hydrogen-bond acceptors (Lipinski definition) is 4. The Morgan fingerprint density at radius 1 is 1.47 bits per heavy atom. The lowest BCUT2D eigenvalue weighted by Crippen LogP contribution is -2.41. The molecule has 6 heteroatoms. The molecule has 1 rings (SSSR count). The number of nitrogens with zero attached hydrogens (tertiary/aromatic N) is 1. The summed E-state index contributed by atoms with van der Waals surface area (Å²) in [5, 5.41) is 21.3. The molecule has 2 amide bonds. The summed E-state index contributed by atoms with van der Waals surface area (Å²) in [5.41, 5.74) is 0. The molecule has 0 radical (unpaired) electrons. The van der Waals surface area contributed by atoms with Crippen LogP contribution in [0, 0.1) is 0 Å². The molecule has 0 aliphatic carbocycles. The Labute approximate surface area is 99.4 Å². The molecule has 6 nitrogen and oxygen atoms in total. The summed E-state index contributed by atoms with van der Waals surface area (Å²) >= 11 is 0. The molecule has 1 aromatic carbocycles. The van der Waals surface area contributed by atoms with Crippen LogP contribution >= 0.6 is 0 Å². The van der Waals surface area contributed by atoms with E-state index in [4.69, 9.17) is 4.74 Å².